The van der Waals surface area contributed by atoms with Gasteiger partial charge in [-0.05, 0) is 68.5 Å². The smallest absolute Gasteiger partial charge is 0.324 e. The minimum absolute atomic E-state index is 0.0370. The van der Waals surface area contributed by atoms with Gasteiger partial charge in [-0.15, -0.1) is 0 Å². The third-order valence-electron chi connectivity index (χ3n) is 7.12. The van der Waals surface area contributed by atoms with Gasteiger partial charge in [-0.1, -0.05) is 46.6 Å². The van der Waals surface area contributed by atoms with Crippen LogP contribution in [0.1, 0.15) is 30.4 Å². The molecule has 1 N–H and O–H groups in total. The molecule has 3 aromatic rings. The molecule has 3 heterocycles. The monoisotopic (exact) mass is 493 g/mol. The predicted molar refractivity (Wildman–Crippen MR) is 137 cm³/mol. The average Bonchev–Trinajstić information content (AvgIpc) is 3.55. The van der Waals surface area contributed by atoms with Crippen molar-refractivity contribution in [3.8, 4) is 11.4 Å². The molecule has 0 unspecified atom stereocenters. The van der Waals surface area contributed by atoms with Crippen molar-refractivity contribution in [2.24, 2.45) is 11.8 Å². The molecule has 7 nitrogen and oxygen atoms in total. The van der Waals surface area contributed by atoms with Crippen molar-refractivity contribution in [2.45, 2.75) is 32.7 Å². The molecule has 0 aliphatic carbocycles. The van der Waals surface area contributed by atoms with Gasteiger partial charge < -0.3 is 14.7 Å². The van der Waals surface area contributed by atoms with Gasteiger partial charge in [0.25, 0.3) is 0 Å². The van der Waals surface area contributed by atoms with E-state index in [0.29, 0.717) is 22.8 Å². The van der Waals surface area contributed by atoms with E-state index in [9.17, 15) is 4.79 Å². The van der Waals surface area contributed by atoms with Crippen LogP contribution >= 0.6 is 11.6 Å². The van der Waals surface area contributed by atoms with Crippen molar-refractivity contribution in [1.29, 1.82) is 0 Å². The molecule has 2 fully saturated rings. The Hall–Kier alpha value is -2.90. The summed E-state index contributed by atoms with van der Waals surface area (Å²) >= 11 is 5.96. The van der Waals surface area contributed by atoms with Gasteiger partial charge in [0.1, 0.15) is 0 Å². The highest BCUT2D eigenvalue weighted by molar-refractivity contribution is 6.30. The van der Waals surface area contributed by atoms with Crippen LogP contribution in [-0.2, 0) is 11.3 Å². The summed E-state index contributed by atoms with van der Waals surface area (Å²) in [6.45, 7) is 7.46. The standard InChI is InChI=1S/C27H32ClN5O2/c1-19-2-4-20(5-3-19)17-32-13-10-21(18-32)16-29-26(34)23-11-14-33(15-12-23)27-30-25(31-35-27)22-6-8-24(28)9-7-22/h2-9,21,23H,10-18H2,1H3,(H,29,34)/t21-/m0/s1. The van der Waals surface area contributed by atoms with Crippen molar-refractivity contribution in [3.63, 3.8) is 0 Å². The molecule has 2 saturated heterocycles. The first kappa shape index (κ1) is 23.8. The van der Waals surface area contributed by atoms with Crippen molar-refractivity contribution < 1.29 is 9.32 Å². The van der Waals surface area contributed by atoms with Gasteiger partial charge in [-0.3, -0.25) is 9.69 Å². The van der Waals surface area contributed by atoms with Crippen LogP contribution in [0.2, 0.25) is 5.02 Å². The predicted octanol–water partition coefficient (Wildman–Crippen LogP) is 4.55. The first-order valence-electron chi connectivity index (χ1n) is 12.4. The van der Waals surface area contributed by atoms with Gasteiger partial charge in [0.05, 0.1) is 0 Å². The van der Waals surface area contributed by atoms with E-state index in [4.69, 9.17) is 16.1 Å². The lowest BCUT2D eigenvalue weighted by Crippen LogP contribution is -2.42. The Morgan fingerprint density at radius 3 is 2.54 bits per heavy atom. The van der Waals surface area contributed by atoms with Crippen LogP contribution in [0.3, 0.4) is 0 Å². The van der Waals surface area contributed by atoms with E-state index in [0.717, 1.165) is 64.1 Å². The lowest BCUT2D eigenvalue weighted by molar-refractivity contribution is -0.125. The zero-order valence-electron chi connectivity index (χ0n) is 20.1. The van der Waals surface area contributed by atoms with Gasteiger partial charge in [0, 0.05) is 49.2 Å². The van der Waals surface area contributed by atoms with Gasteiger partial charge in [0.15, 0.2) is 0 Å². The number of hydrogen-bond acceptors (Lipinski definition) is 6. The summed E-state index contributed by atoms with van der Waals surface area (Å²) < 4.78 is 5.48. The summed E-state index contributed by atoms with van der Waals surface area (Å²) in [5.74, 6) is 1.28. The topological polar surface area (TPSA) is 74.5 Å². The molecule has 5 rings (SSSR count). The Labute approximate surface area is 211 Å². The van der Waals surface area contributed by atoms with Crippen LogP contribution in [0.15, 0.2) is 53.1 Å². The molecule has 1 aromatic heterocycles. The Morgan fingerprint density at radius 2 is 1.80 bits per heavy atom. The van der Waals surface area contributed by atoms with E-state index in [2.05, 4.69) is 56.4 Å². The molecular formula is C27H32ClN5O2. The fraction of sp³-hybridized carbons (Fsp3) is 0.444. The minimum atomic E-state index is 0.0370. The second kappa shape index (κ2) is 10.8. The Bertz CT molecular complexity index is 1120. The largest absolute Gasteiger partial charge is 0.356 e. The maximum atomic E-state index is 12.8. The van der Waals surface area contributed by atoms with Gasteiger partial charge in [0.2, 0.25) is 11.7 Å². The van der Waals surface area contributed by atoms with Gasteiger partial charge in [-0.2, -0.15) is 4.98 Å². The number of carbonyl (C=O) groups excluding carboxylic acids is 1. The van der Waals surface area contributed by atoms with Crippen LogP contribution in [0.5, 0.6) is 0 Å². The number of rotatable bonds is 7. The molecular weight excluding hydrogens is 462 g/mol. The molecule has 184 valence electrons. The number of aromatic nitrogens is 2. The minimum Gasteiger partial charge on any atom is -0.356 e. The Morgan fingerprint density at radius 1 is 1.06 bits per heavy atom. The lowest BCUT2D eigenvalue weighted by Gasteiger charge is -2.30. The molecule has 8 heteroatoms. The molecule has 0 bridgehead atoms. The molecule has 0 radical (unpaired) electrons. The van der Waals surface area contributed by atoms with Crippen molar-refractivity contribution in [1.82, 2.24) is 20.4 Å². The Kier molecular flexibility index (Phi) is 7.35. The van der Waals surface area contributed by atoms with Gasteiger partial charge in [-0.25, -0.2) is 0 Å². The fourth-order valence-corrected chi connectivity index (χ4v) is 5.08. The second-order valence-corrected chi connectivity index (χ2v) is 10.2. The fourth-order valence-electron chi connectivity index (χ4n) is 4.96. The number of piperidine rings is 1. The first-order chi connectivity index (χ1) is 17.0. The van der Waals surface area contributed by atoms with Crippen LogP contribution < -0.4 is 10.2 Å². The molecule has 1 atom stereocenters. The highest BCUT2D eigenvalue weighted by atomic mass is 35.5. The van der Waals surface area contributed by atoms with Crippen molar-refractivity contribution in [2.75, 3.05) is 37.6 Å². The molecule has 2 aromatic carbocycles. The summed E-state index contributed by atoms with van der Waals surface area (Å²) in [7, 11) is 0. The number of hydrogen-bond donors (Lipinski definition) is 1. The van der Waals surface area contributed by atoms with E-state index in [1.54, 1.807) is 0 Å². The van der Waals surface area contributed by atoms with Crippen LogP contribution in [0.4, 0.5) is 6.01 Å². The summed E-state index contributed by atoms with van der Waals surface area (Å²) in [5, 5.41) is 8.00. The Balaban J connectivity index is 1.05. The van der Waals surface area contributed by atoms with Crippen molar-refractivity contribution >= 4 is 23.5 Å². The van der Waals surface area contributed by atoms with E-state index in [1.165, 1.54) is 11.1 Å². The number of carbonyl (C=O) groups is 1. The number of benzene rings is 2. The number of halogens is 1. The summed E-state index contributed by atoms with van der Waals surface area (Å²) in [6.07, 6.45) is 2.71. The summed E-state index contributed by atoms with van der Waals surface area (Å²) in [5.41, 5.74) is 3.51. The van der Waals surface area contributed by atoms with Crippen LogP contribution in [0, 0.1) is 18.8 Å². The maximum Gasteiger partial charge on any atom is 0.324 e. The number of nitrogens with one attached hydrogen (secondary N) is 1. The molecule has 0 saturated carbocycles. The number of anilines is 1. The molecule has 2 aliphatic rings. The second-order valence-electron chi connectivity index (χ2n) is 9.79. The summed E-state index contributed by atoms with van der Waals surface area (Å²) in [6, 6.07) is 16.6. The van der Waals surface area contributed by atoms with E-state index in [-0.39, 0.29) is 11.8 Å². The van der Waals surface area contributed by atoms with E-state index >= 15 is 0 Å². The molecule has 35 heavy (non-hydrogen) atoms. The number of aryl methyl sites for hydroxylation is 1. The third-order valence-corrected chi connectivity index (χ3v) is 7.37. The quantitative estimate of drug-likeness (QED) is 0.520. The lowest BCUT2D eigenvalue weighted by atomic mass is 9.96. The molecule has 2 aliphatic heterocycles. The van der Waals surface area contributed by atoms with Crippen LogP contribution in [0.25, 0.3) is 11.4 Å². The normalized spacial score (nSPS) is 19.3. The van der Waals surface area contributed by atoms with E-state index in [1.807, 2.05) is 24.3 Å². The highest BCUT2D eigenvalue weighted by Gasteiger charge is 2.29. The van der Waals surface area contributed by atoms with Crippen molar-refractivity contribution in [3.05, 3.63) is 64.7 Å². The zero-order valence-corrected chi connectivity index (χ0v) is 20.9. The highest BCUT2D eigenvalue weighted by Crippen LogP contribution is 2.26. The average molecular weight is 494 g/mol. The van der Waals surface area contributed by atoms with Gasteiger partial charge >= 0.3 is 6.01 Å². The first-order valence-corrected chi connectivity index (χ1v) is 12.8. The number of nitrogens with zero attached hydrogens (tertiary/aromatic N) is 4. The van der Waals surface area contributed by atoms with Crippen LogP contribution in [-0.4, -0.2) is 53.7 Å². The summed E-state index contributed by atoms with van der Waals surface area (Å²) in [4.78, 5) is 21.9. The molecule has 0 spiro atoms. The number of amides is 1. The zero-order chi connectivity index (χ0) is 24.2. The SMILES string of the molecule is Cc1ccc(CN2CC[C@@H](CNC(=O)C3CCN(c4nc(-c5ccc(Cl)cc5)no4)CC3)C2)cc1. The van der Waals surface area contributed by atoms with E-state index < -0.39 is 0 Å². The maximum absolute atomic E-state index is 12.8. The third kappa shape index (κ3) is 6.03. The number of likely N-dealkylation sites (tertiary alicyclic amines) is 1. The molecule has 1 amide bonds.